The van der Waals surface area contributed by atoms with E-state index >= 15 is 0 Å². The molecule has 3 aromatic carbocycles. The van der Waals surface area contributed by atoms with E-state index in [1.807, 2.05) is 53.1 Å². The first kappa shape index (κ1) is 26.2. The highest BCUT2D eigenvalue weighted by Crippen LogP contribution is 2.30. The summed E-state index contributed by atoms with van der Waals surface area (Å²) < 4.78 is 44.7. The Kier molecular flexibility index (Phi) is 7.56. The first-order valence-electron chi connectivity index (χ1n) is 11.9. The molecule has 0 aliphatic carbocycles. The molecule has 9 heteroatoms. The van der Waals surface area contributed by atoms with Crippen LogP contribution in [0.5, 0.6) is 5.75 Å². The van der Waals surface area contributed by atoms with E-state index < -0.39 is 22.1 Å². The molecule has 0 unspecified atom stereocenters. The largest absolute Gasteiger partial charge is 0.462 e. The van der Waals surface area contributed by atoms with Crippen LogP contribution in [0, 0.1) is 13.8 Å². The fourth-order valence-electron chi connectivity index (χ4n) is 4.57. The Labute approximate surface area is 215 Å². The van der Waals surface area contributed by atoms with Gasteiger partial charge in [-0.2, -0.15) is 13.0 Å². The van der Waals surface area contributed by atoms with Gasteiger partial charge in [0.15, 0.2) is 6.54 Å². The summed E-state index contributed by atoms with van der Waals surface area (Å²) in [5, 5.41) is 1.30. The summed E-state index contributed by atoms with van der Waals surface area (Å²) in [6, 6.07) is 18.0. The molecule has 0 fully saturated rings. The predicted octanol–water partition coefficient (Wildman–Crippen LogP) is 4.57. The molecule has 0 atom stereocenters. The molecule has 0 bridgehead atoms. The van der Waals surface area contributed by atoms with Gasteiger partial charge in [0.1, 0.15) is 5.75 Å². The minimum Gasteiger partial charge on any atom is -0.462 e. The van der Waals surface area contributed by atoms with Gasteiger partial charge >= 0.3 is 11.9 Å². The Morgan fingerprint density at radius 1 is 0.892 bits per heavy atom. The molecule has 1 aromatic heterocycles. The monoisotopic (exact) mass is 522 g/mol. The van der Waals surface area contributed by atoms with Crippen LogP contribution in [0.15, 0.2) is 60.7 Å². The number of aryl methyl sites for hydroxylation is 3. The van der Waals surface area contributed by atoms with E-state index in [4.69, 9.17) is 9.47 Å². The van der Waals surface area contributed by atoms with Gasteiger partial charge in [0.25, 0.3) is 10.1 Å². The average molecular weight is 523 g/mol. The van der Waals surface area contributed by atoms with E-state index in [2.05, 4.69) is 0 Å². The molecule has 0 aliphatic rings. The molecule has 0 amide bonds. The van der Waals surface area contributed by atoms with Crippen molar-refractivity contribution in [3.63, 3.8) is 0 Å². The number of pyridine rings is 1. The third kappa shape index (κ3) is 5.63. The quantitative estimate of drug-likeness (QED) is 0.119. The van der Waals surface area contributed by atoms with Gasteiger partial charge in [-0.25, -0.2) is 9.59 Å². The lowest BCUT2D eigenvalue weighted by Crippen LogP contribution is -2.37. The number of hydrogen-bond acceptors (Lipinski definition) is 6. The first-order chi connectivity index (χ1) is 17.6. The Hall–Kier alpha value is -3.82. The second kappa shape index (κ2) is 10.7. The van der Waals surface area contributed by atoms with Crippen molar-refractivity contribution in [2.45, 2.75) is 33.7 Å². The molecule has 8 nitrogen and oxygen atoms in total. The Balaban J connectivity index is 1.80. The van der Waals surface area contributed by atoms with E-state index in [1.54, 1.807) is 32.9 Å². The molecule has 1 heterocycles. The normalized spacial score (nSPS) is 11.6. The maximum absolute atomic E-state index is 13.7. The van der Waals surface area contributed by atoms with Gasteiger partial charge < -0.3 is 9.47 Å². The van der Waals surface area contributed by atoms with Crippen molar-refractivity contribution >= 4 is 43.9 Å². The van der Waals surface area contributed by atoms with Gasteiger partial charge in [0.05, 0.1) is 34.3 Å². The van der Waals surface area contributed by atoms with Gasteiger partial charge in [-0.3, -0.25) is 4.55 Å². The summed E-state index contributed by atoms with van der Waals surface area (Å²) in [6.07, 6.45) is 0.201. The number of ether oxygens (including phenoxy) is 2. The lowest BCUT2D eigenvalue weighted by molar-refractivity contribution is -0.645. The van der Waals surface area contributed by atoms with Crippen molar-refractivity contribution in [1.29, 1.82) is 0 Å². The number of fused-ring (bicyclic) bond motifs is 2. The number of esters is 2. The van der Waals surface area contributed by atoms with Crippen LogP contribution in [0.2, 0.25) is 0 Å². The van der Waals surface area contributed by atoms with E-state index in [1.165, 1.54) is 0 Å². The SMILES string of the molecule is CCOC(=O)c1cc(C)c(OC(=O)c2c3ccccc3[n+](CCCS(=O)(=O)O)c3ccccc23)c(C)c1. The lowest BCUT2D eigenvalue weighted by atomic mass is 10.0. The maximum atomic E-state index is 13.7. The van der Waals surface area contributed by atoms with Crippen LogP contribution in [0.25, 0.3) is 21.8 Å². The van der Waals surface area contributed by atoms with Crippen molar-refractivity contribution in [2.75, 3.05) is 12.4 Å². The number of carbonyl (C=O) groups is 2. The Bertz CT molecular complexity index is 1550. The standard InChI is InChI=1S/C28H27NO7S/c1-4-35-27(30)20-16-18(2)26(19(3)17-20)36-28(31)25-21-10-5-7-12-23(21)29(14-9-15-37(32,33)34)24-13-8-6-11-22(24)25/h5-8,10-13,16-17H,4,9,14-15H2,1-3H3/p+1. The van der Waals surface area contributed by atoms with Gasteiger partial charge in [0.2, 0.25) is 11.0 Å². The molecule has 0 saturated carbocycles. The third-order valence-corrected chi connectivity index (χ3v) is 6.89. The van der Waals surface area contributed by atoms with Crippen LogP contribution >= 0.6 is 0 Å². The highest BCUT2D eigenvalue weighted by Gasteiger charge is 2.26. The number of aromatic nitrogens is 1. The number of rotatable bonds is 8. The molecule has 0 spiro atoms. The fourth-order valence-corrected chi connectivity index (χ4v) is 5.06. The molecule has 0 aliphatic heterocycles. The molecule has 37 heavy (non-hydrogen) atoms. The molecule has 4 rings (SSSR count). The number of carbonyl (C=O) groups excluding carboxylic acids is 2. The summed E-state index contributed by atoms with van der Waals surface area (Å²) in [4.78, 5) is 25.9. The van der Waals surface area contributed by atoms with E-state index in [0.717, 1.165) is 11.0 Å². The average Bonchev–Trinajstić information content (AvgIpc) is 2.85. The van der Waals surface area contributed by atoms with E-state index in [-0.39, 0.29) is 18.8 Å². The van der Waals surface area contributed by atoms with Gasteiger partial charge in [-0.05, 0) is 56.2 Å². The lowest BCUT2D eigenvalue weighted by Gasteiger charge is -2.15. The van der Waals surface area contributed by atoms with Gasteiger partial charge in [-0.1, -0.05) is 24.3 Å². The topological polar surface area (TPSA) is 111 Å². The summed E-state index contributed by atoms with van der Waals surface area (Å²) >= 11 is 0. The van der Waals surface area contributed by atoms with Crippen LogP contribution < -0.4 is 9.30 Å². The molecule has 192 valence electrons. The molecule has 0 saturated heterocycles. The molecular weight excluding hydrogens is 494 g/mol. The summed E-state index contributed by atoms with van der Waals surface area (Å²) in [5.41, 5.74) is 3.48. The van der Waals surface area contributed by atoms with Crippen LogP contribution in [-0.2, 0) is 21.4 Å². The number of para-hydroxylation sites is 2. The van der Waals surface area contributed by atoms with Crippen LogP contribution in [0.4, 0.5) is 0 Å². The Morgan fingerprint density at radius 2 is 1.43 bits per heavy atom. The van der Waals surface area contributed by atoms with Gasteiger partial charge in [0, 0.05) is 18.6 Å². The van der Waals surface area contributed by atoms with Crippen molar-refractivity contribution in [3.8, 4) is 5.75 Å². The zero-order valence-electron chi connectivity index (χ0n) is 20.9. The number of nitrogens with zero attached hydrogens (tertiary/aromatic N) is 1. The van der Waals surface area contributed by atoms with Crippen LogP contribution in [-0.4, -0.2) is 37.3 Å². The summed E-state index contributed by atoms with van der Waals surface area (Å²) in [7, 11) is -4.09. The van der Waals surface area contributed by atoms with E-state index in [0.29, 0.717) is 45.3 Å². The summed E-state index contributed by atoms with van der Waals surface area (Å²) in [5.74, 6) is -0.985. The summed E-state index contributed by atoms with van der Waals surface area (Å²) in [6.45, 7) is 5.85. The van der Waals surface area contributed by atoms with E-state index in [9.17, 15) is 22.6 Å². The first-order valence-corrected chi connectivity index (χ1v) is 13.5. The zero-order chi connectivity index (χ0) is 26.7. The van der Waals surface area contributed by atoms with Crippen LogP contribution in [0.3, 0.4) is 0 Å². The van der Waals surface area contributed by atoms with Crippen molar-refractivity contribution in [2.24, 2.45) is 0 Å². The van der Waals surface area contributed by atoms with Gasteiger partial charge in [-0.15, -0.1) is 0 Å². The van der Waals surface area contributed by atoms with Crippen LogP contribution in [0.1, 0.15) is 45.2 Å². The fraction of sp³-hybridized carbons (Fsp3) is 0.250. The molecule has 1 N–H and O–H groups in total. The second-order valence-electron chi connectivity index (χ2n) is 8.75. The molecule has 0 radical (unpaired) electrons. The highest BCUT2D eigenvalue weighted by atomic mass is 32.2. The van der Waals surface area contributed by atoms with Crippen molar-refractivity contribution in [1.82, 2.24) is 0 Å². The Morgan fingerprint density at radius 3 is 1.95 bits per heavy atom. The third-order valence-electron chi connectivity index (χ3n) is 6.08. The van der Waals surface area contributed by atoms with Crippen molar-refractivity contribution in [3.05, 3.63) is 82.9 Å². The number of benzene rings is 3. The number of hydrogen-bond donors (Lipinski definition) is 1. The minimum atomic E-state index is -4.09. The smallest absolute Gasteiger partial charge is 0.345 e. The second-order valence-corrected chi connectivity index (χ2v) is 10.3. The zero-order valence-corrected chi connectivity index (χ0v) is 21.7. The molecular formula is C28H28NO7S+. The maximum Gasteiger partial charge on any atom is 0.345 e. The highest BCUT2D eigenvalue weighted by molar-refractivity contribution is 7.85. The predicted molar refractivity (Wildman–Crippen MR) is 140 cm³/mol. The minimum absolute atomic E-state index is 0.201. The molecule has 4 aromatic rings. The van der Waals surface area contributed by atoms with Crippen molar-refractivity contribution < 1.29 is 36.6 Å².